The maximum atomic E-state index is 11.3. The van der Waals surface area contributed by atoms with Gasteiger partial charge in [-0.1, -0.05) is 0 Å². The number of ether oxygens (including phenoxy) is 2. The summed E-state index contributed by atoms with van der Waals surface area (Å²) in [5.74, 6) is 0.346. The molecule has 3 nitrogen and oxygen atoms in total. The van der Waals surface area contributed by atoms with Crippen molar-refractivity contribution < 1.29 is 14.3 Å². The first kappa shape index (κ1) is 9.52. The molecule has 0 aromatic carbocycles. The molecule has 1 saturated carbocycles. The zero-order valence-electron chi connectivity index (χ0n) is 7.92. The molecule has 0 saturated heterocycles. The largest absolute Gasteiger partial charge is 0.463 e. The van der Waals surface area contributed by atoms with E-state index in [1.165, 1.54) is 20.0 Å². The molecule has 1 aliphatic carbocycles. The van der Waals surface area contributed by atoms with E-state index in [-0.39, 0.29) is 5.97 Å². The third-order valence-electron chi connectivity index (χ3n) is 2.15. The molecule has 0 heterocycles. The van der Waals surface area contributed by atoms with Gasteiger partial charge in [-0.2, -0.15) is 0 Å². The maximum absolute atomic E-state index is 11.3. The third-order valence-corrected chi connectivity index (χ3v) is 2.15. The predicted molar refractivity (Wildman–Crippen MR) is 44.8 cm³/mol. The fourth-order valence-electron chi connectivity index (χ4n) is 0.735. The van der Waals surface area contributed by atoms with E-state index in [1.54, 1.807) is 13.8 Å². The van der Waals surface area contributed by atoms with Crippen LogP contribution < -0.4 is 0 Å². The molecule has 0 amide bonds. The number of rotatable bonds is 4. The Hall–Kier alpha value is -0.570. The van der Waals surface area contributed by atoms with Crippen molar-refractivity contribution in [3.8, 4) is 0 Å². The molecule has 0 aromatic heterocycles. The second-order valence-corrected chi connectivity index (χ2v) is 3.76. The van der Waals surface area contributed by atoms with E-state index in [1.807, 2.05) is 0 Å². The summed E-state index contributed by atoms with van der Waals surface area (Å²) in [5, 5.41) is 0. The van der Waals surface area contributed by atoms with E-state index in [9.17, 15) is 4.79 Å². The van der Waals surface area contributed by atoms with Crippen LogP contribution >= 0.6 is 0 Å². The highest BCUT2D eigenvalue weighted by Gasteiger charge is 2.31. The van der Waals surface area contributed by atoms with Crippen molar-refractivity contribution in [3.63, 3.8) is 0 Å². The third kappa shape index (κ3) is 2.48. The van der Waals surface area contributed by atoms with Crippen molar-refractivity contribution in [2.45, 2.75) is 32.3 Å². The Labute approximate surface area is 73.0 Å². The zero-order valence-corrected chi connectivity index (χ0v) is 7.92. The highest BCUT2D eigenvalue weighted by molar-refractivity contribution is 5.78. The first-order valence-corrected chi connectivity index (χ1v) is 4.28. The summed E-state index contributed by atoms with van der Waals surface area (Å²) in [6.45, 7) is 3.98. The first-order valence-electron chi connectivity index (χ1n) is 4.28. The Balaban J connectivity index is 2.25. The fourth-order valence-corrected chi connectivity index (χ4v) is 0.735. The molecule has 0 aliphatic heterocycles. The minimum atomic E-state index is -0.797. The second kappa shape index (κ2) is 3.44. The average Bonchev–Trinajstić information content (AvgIpc) is 2.83. The molecule has 1 rings (SSSR count). The standard InChI is InChI=1S/C9H16O3/c1-9(2,11-3)8(10)12-6-7-4-5-7/h7H,4-6H2,1-3H3. The van der Waals surface area contributed by atoms with Crippen molar-refractivity contribution >= 4 is 5.97 Å². The molecule has 0 N–H and O–H groups in total. The topological polar surface area (TPSA) is 35.5 Å². The molecular formula is C9H16O3. The number of esters is 1. The maximum Gasteiger partial charge on any atom is 0.337 e. The minimum Gasteiger partial charge on any atom is -0.463 e. The fraction of sp³-hybridized carbons (Fsp3) is 0.889. The van der Waals surface area contributed by atoms with Gasteiger partial charge in [0.15, 0.2) is 5.60 Å². The lowest BCUT2D eigenvalue weighted by Crippen LogP contribution is -2.35. The second-order valence-electron chi connectivity index (χ2n) is 3.76. The molecule has 0 spiro atoms. The number of hydrogen-bond donors (Lipinski definition) is 0. The van der Waals surface area contributed by atoms with E-state index in [2.05, 4.69) is 0 Å². The molecule has 1 aliphatic rings. The van der Waals surface area contributed by atoms with Crippen LogP contribution in [0.4, 0.5) is 0 Å². The van der Waals surface area contributed by atoms with Crippen molar-refractivity contribution in [2.24, 2.45) is 5.92 Å². The smallest absolute Gasteiger partial charge is 0.337 e. The molecule has 12 heavy (non-hydrogen) atoms. The predicted octanol–water partition coefficient (Wildman–Crippen LogP) is 1.36. The SMILES string of the molecule is COC(C)(C)C(=O)OCC1CC1. The van der Waals surface area contributed by atoms with Gasteiger partial charge in [0.1, 0.15) is 0 Å². The van der Waals surface area contributed by atoms with Crippen LogP contribution in [0.5, 0.6) is 0 Å². The highest BCUT2D eigenvalue weighted by atomic mass is 16.6. The van der Waals surface area contributed by atoms with E-state index >= 15 is 0 Å². The summed E-state index contributed by atoms with van der Waals surface area (Å²) in [6.07, 6.45) is 2.39. The van der Waals surface area contributed by atoms with Gasteiger partial charge in [0.25, 0.3) is 0 Å². The molecule has 70 valence electrons. The normalized spacial score (nSPS) is 17.6. The number of methoxy groups -OCH3 is 1. The lowest BCUT2D eigenvalue weighted by molar-refractivity contribution is -0.165. The van der Waals surface area contributed by atoms with Crippen LogP contribution in [0.3, 0.4) is 0 Å². The van der Waals surface area contributed by atoms with Crippen molar-refractivity contribution in [1.82, 2.24) is 0 Å². The number of hydrogen-bond acceptors (Lipinski definition) is 3. The van der Waals surface area contributed by atoms with Crippen LogP contribution in [0.15, 0.2) is 0 Å². The summed E-state index contributed by atoms with van der Waals surface area (Å²) in [4.78, 5) is 11.3. The Kier molecular flexibility index (Phi) is 2.73. The van der Waals surface area contributed by atoms with Gasteiger partial charge in [0, 0.05) is 7.11 Å². The van der Waals surface area contributed by atoms with Gasteiger partial charge < -0.3 is 9.47 Å². The van der Waals surface area contributed by atoms with Gasteiger partial charge >= 0.3 is 5.97 Å². The minimum absolute atomic E-state index is 0.267. The van der Waals surface area contributed by atoms with Crippen molar-refractivity contribution in [1.29, 1.82) is 0 Å². The molecular weight excluding hydrogens is 156 g/mol. The lowest BCUT2D eigenvalue weighted by atomic mass is 10.1. The van der Waals surface area contributed by atoms with Crippen LogP contribution in [0.25, 0.3) is 0 Å². The Bertz CT molecular complexity index is 171. The average molecular weight is 172 g/mol. The molecule has 0 radical (unpaired) electrons. The van der Waals surface area contributed by atoms with Gasteiger partial charge in [-0.05, 0) is 32.6 Å². The van der Waals surface area contributed by atoms with Crippen LogP contribution in [-0.2, 0) is 14.3 Å². The summed E-state index contributed by atoms with van der Waals surface area (Å²) >= 11 is 0. The van der Waals surface area contributed by atoms with Crippen LogP contribution in [-0.4, -0.2) is 25.3 Å². The number of carbonyl (C=O) groups excluding carboxylic acids is 1. The summed E-state index contributed by atoms with van der Waals surface area (Å²) < 4.78 is 10.0. The van der Waals surface area contributed by atoms with Gasteiger partial charge in [-0.25, -0.2) is 4.79 Å². The highest BCUT2D eigenvalue weighted by Crippen LogP contribution is 2.29. The Morgan fingerprint density at radius 3 is 2.50 bits per heavy atom. The zero-order chi connectivity index (χ0) is 9.19. The molecule has 0 unspecified atom stereocenters. The Morgan fingerprint density at radius 1 is 1.50 bits per heavy atom. The van der Waals surface area contributed by atoms with Crippen molar-refractivity contribution in [2.75, 3.05) is 13.7 Å². The van der Waals surface area contributed by atoms with Crippen molar-refractivity contribution in [3.05, 3.63) is 0 Å². The quantitative estimate of drug-likeness (QED) is 0.601. The van der Waals surface area contributed by atoms with E-state index in [4.69, 9.17) is 9.47 Å². The van der Waals surface area contributed by atoms with Crippen LogP contribution in [0, 0.1) is 5.92 Å². The molecule has 0 atom stereocenters. The van der Waals surface area contributed by atoms with Gasteiger partial charge in [0.2, 0.25) is 0 Å². The van der Waals surface area contributed by atoms with E-state index in [0.717, 1.165) is 0 Å². The number of carbonyl (C=O) groups is 1. The summed E-state index contributed by atoms with van der Waals surface area (Å²) in [5.41, 5.74) is -0.797. The molecule has 0 aromatic rings. The molecule has 1 fully saturated rings. The summed E-state index contributed by atoms with van der Waals surface area (Å²) in [6, 6.07) is 0. The van der Waals surface area contributed by atoms with E-state index in [0.29, 0.717) is 12.5 Å². The van der Waals surface area contributed by atoms with Gasteiger partial charge in [-0.3, -0.25) is 0 Å². The summed E-state index contributed by atoms with van der Waals surface area (Å²) in [7, 11) is 1.51. The van der Waals surface area contributed by atoms with Gasteiger partial charge in [-0.15, -0.1) is 0 Å². The van der Waals surface area contributed by atoms with Crippen LogP contribution in [0.1, 0.15) is 26.7 Å². The lowest BCUT2D eigenvalue weighted by Gasteiger charge is -2.20. The van der Waals surface area contributed by atoms with Crippen LogP contribution in [0.2, 0.25) is 0 Å². The van der Waals surface area contributed by atoms with E-state index < -0.39 is 5.60 Å². The molecule has 3 heteroatoms. The molecule has 0 bridgehead atoms. The monoisotopic (exact) mass is 172 g/mol. The van der Waals surface area contributed by atoms with Gasteiger partial charge in [0.05, 0.1) is 6.61 Å². The Morgan fingerprint density at radius 2 is 2.08 bits per heavy atom. The first-order chi connectivity index (χ1) is 5.56.